The summed E-state index contributed by atoms with van der Waals surface area (Å²) in [4.78, 5) is 4.95. The molecule has 4 aliphatic carbocycles. The average molecular weight is 373 g/mol. The normalized spacial score (nSPS) is 48.0. The van der Waals surface area contributed by atoms with Crippen LogP contribution in [0.5, 0.6) is 0 Å². The molecule has 27 heavy (non-hydrogen) atoms. The van der Waals surface area contributed by atoms with E-state index in [1.54, 1.807) is 0 Å². The van der Waals surface area contributed by atoms with E-state index in [-0.39, 0.29) is 0 Å². The van der Waals surface area contributed by atoms with Crippen LogP contribution in [0.3, 0.4) is 0 Å². The number of nitrogens with zero attached hydrogens (tertiary/aromatic N) is 2. The number of allylic oxidation sites excluding steroid dienone is 1. The van der Waals surface area contributed by atoms with E-state index in [0.717, 1.165) is 35.8 Å². The first-order valence-corrected chi connectivity index (χ1v) is 11.7. The summed E-state index contributed by atoms with van der Waals surface area (Å²) in [6, 6.07) is 1.49. The van der Waals surface area contributed by atoms with Crippen LogP contribution in [-0.2, 0) is 0 Å². The highest BCUT2D eigenvalue weighted by Gasteiger charge is 2.59. The SMILES string of the molecule is CC(C1CCC2C3CC=C4CC(N(C)C)CCC4(C)C3CC[C@@]21C)N(C)C. The number of hydrogen-bond acceptors (Lipinski definition) is 2. The Hall–Kier alpha value is -0.340. The van der Waals surface area contributed by atoms with Crippen molar-refractivity contribution in [2.45, 2.75) is 84.2 Å². The number of fused-ring (bicyclic) bond motifs is 5. The van der Waals surface area contributed by atoms with Crippen molar-refractivity contribution in [1.82, 2.24) is 9.80 Å². The van der Waals surface area contributed by atoms with Crippen molar-refractivity contribution in [2.75, 3.05) is 28.2 Å². The summed E-state index contributed by atoms with van der Waals surface area (Å²) in [5.41, 5.74) is 2.91. The largest absolute Gasteiger partial charge is 0.306 e. The van der Waals surface area contributed by atoms with E-state index in [4.69, 9.17) is 0 Å². The first-order valence-electron chi connectivity index (χ1n) is 11.7. The van der Waals surface area contributed by atoms with Crippen molar-refractivity contribution in [1.29, 1.82) is 0 Å². The van der Waals surface area contributed by atoms with Crippen molar-refractivity contribution >= 4 is 0 Å². The van der Waals surface area contributed by atoms with E-state index in [2.05, 4.69) is 64.8 Å². The molecule has 0 aromatic heterocycles. The maximum Gasteiger partial charge on any atom is 0.0127 e. The third-order valence-electron chi connectivity index (χ3n) is 10.3. The Morgan fingerprint density at radius 1 is 0.963 bits per heavy atom. The molecule has 7 unspecified atom stereocenters. The molecule has 0 spiro atoms. The average Bonchev–Trinajstić information content (AvgIpc) is 2.97. The molecule has 0 aliphatic heterocycles. The first-order chi connectivity index (χ1) is 12.7. The molecule has 2 nitrogen and oxygen atoms in total. The second kappa shape index (κ2) is 6.87. The summed E-state index contributed by atoms with van der Waals surface area (Å²) in [7, 11) is 9.12. The molecule has 2 heteroatoms. The Balaban J connectivity index is 1.59. The Morgan fingerprint density at radius 2 is 1.70 bits per heavy atom. The van der Waals surface area contributed by atoms with Gasteiger partial charge in [-0.1, -0.05) is 25.5 Å². The predicted molar refractivity (Wildman–Crippen MR) is 116 cm³/mol. The maximum atomic E-state index is 2.73. The molecule has 0 heterocycles. The van der Waals surface area contributed by atoms with Crippen LogP contribution in [0.4, 0.5) is 0 Å². The van der Waals surface area contributed by atoms with Crippen LogP contribution < -0.4 is 0 Å². The van der Waals surface area contributed by atoms with Crippen LogP contribution in [0, 0.1) is 34.5 Å². The summed E-state index contributed by atoms with van der Waals surface area (Å²) in [5, 5.41) is 0. The highest BCUT2D eigenvalue weighted by Crippen LogP contribution is 2.66. The topological polar surface area (TPSA) is 6.48 Å². The van der Waals surface area contributed by atoms with Gasteiger partial charge < -0.3 is 9.80 Å². The van der Waals surface area contributed by atoms with Gasteiger partial charge in [-0.3, -0.25) is 0 Å². The Kier molecular flexibility index (Phi) is 5.08. The van der Waals surface area contributed by atoms with Crippen molar-refractivity contribution < 1.29 is 0 Å². The standard InChI is InChI=1S/C25H44N2/c1-17(26(4)5)21-10-11-22-20-9-8-18-16-19(27(6)7)12-14-24(18,2)23(20)13-15-25(21,22)3/h8,17,19-23H,9-16H2,1-7H3/t17?,19?,20?,21?,22?,23?,24?,25-/m1/s1. The monoisotopic (exact) mass is 372 g/mol. The zero-order valence-corrected chi connectivity index (χ0v) is 19.1. The third-order valence-corrected chi connectivity index (χ3v) is 10.3. The quantitative estimate of drug-likeness (QED) is 0.608. The molecular weight excluding hydrogens is 328 g/mol. The molecule has 0 saturated heterocycles. The lowest BCUT2D eigenvalue weighted by molar-refractivity contribution is -0.0550. The van der Waals surface area contributed by atoms with Crippen molar-refractivity contribution in [2.24, 2.45) is 34.5 Å². The first kappa shape index (κ1) is 20.0. The summed E-state index contributed by atoms with van der Waals surface area (Å²) in [6.07, 6.45) is 14.1. The highest BCUT2D eigenvalue weighted by molar-refractivity contribution is 5.26. The van der Waals surface area contributed by atoms with Gasteiger partial charge in [-0.2, -0.15) is 0 Å². The van der Waals surface area contributed by atoms with Crippen LogP contribution >= 0.6 is 0 Å². The van der Waals surface area contributed by atoms with Crippen molar-refractivity contribution in [3.8, 4) is 0 Å². The molecule has 8 atom stereocenters. The minimum atomic E-state index is 0.502. The molecular formula is C25H44N2. The smallest absolute Gasteiger partial charge is 0.0127 e. The molecule has 4 rings (SSSR count). The molecule has 0 aromatic carbocycles. The van der Waals surface area contributed by atoms with Crippen LogP contribution in [0.15, 0.2) is 11.6 Å². The van der Waals surface area contributed by atoms with Gasteiger partial charge >= 0.3 is 0 Å². The summed E-state index contributed by atoms with van der Waals surface area (Å²) in [5.74, 6) is 3.76. The van der Waals surface area contributed by atoms with Gasteiger partial charge in [-0.15, -0.1) is 0 Å². The molecule has 4 aliphatic rings. The molecule has 0 aromatic rings. The molecule has 154 valence electrons. The fourth-order valence-corrected chi connectivity index (χ4v) is 8.28. The Labute approximate surface area is 168 Å². The Morgan fingerprint density at radius 3 is 2.37 bits per heavy atom. The fraction of sp³-hybridized carbons (Fsp3) is 0.920. The molecule has 0 bridgehead atoms. The van der Waals surface area contributed by atoms with Crippen LogP contribution in [0.2, 0.25) is 0 Å². The zero-order chi connectivity index (χ0) is 19.6. The fourth-order valence-electron chi connectivity index (χ4n) is 8.28. The van der Waals surface area contributed by atoms with Gasteiger partial charge in [-0.25, -0.2) is 0 Å². The summed E-state index contributed by atoms with van der Waals surface area (Å²) in [6.45, 7) is 7.81. The molecule has 0 N–H and O–H groups in total. The predicted octanol–water partition coefficient (Wildman–Crippen LogP) is 5.45. The van der Waals surface area contributed by atoms with Gasteiger partial charge in [0.2, 0.25) is 0 Å². The minimum absolute atomic E-state index is 0.502. The molecule has 0 amide bonds. The van der Waals surface area contributed by atoms with Gasteiger partial charge in [0.1, 0.15) is 0 Å². The van der Waals surface area contributed by atoms with Gasteiger partial charge in [0, 0.05) is 12.1 Å². The summed E-state index contributed by atoms with van der Waals surface area (Å²) >= 11 is 0. The van der Waals surface area contributed by atoms with Crippen molar-refractivity contribution in [3.63, 3.8) is 0 Å². The lowest BCUT2D eigenvalue weighted by atomic mass is 9.47. The van der Waals surface area contributed by atoms with Gasteiger partial charge in [-0.05, 0) is 121 Å². The van der Waals surface area contributed by atoms with E-state index in [9.17, 15) is 0 Å². The van der Waals surface area contributed by atoms with E-state index in [1.165, 1.54) is 51.4 Å². The van der Waals surface area contributed by atoms with E-state index < -0.39 is 0 Å². The molecule has 3 saturated carbocycles. The third kappa shape index (κ3) is 2.96. The minimum Gasteiger partial charge on any atom is -0.306 e. The lowest BCUT2D eigenvalue weighted by Gasteiger charge is -2.59. The van der Waals surface area contributed by atoms with E-state index >= 15 is 0 Å². The lowest BCUT2D eigenvalue weighted by Crippen LogP contribution is -2.52. The van der Waals surface area contributed by atoms with Gasteiger partial charge in [0.25, 0.3) is 0 Å². The zero-order valence-electron chi connectivity index (χ0n) is 19.1. The van der Waals surface area contributed by atoms with Gasteiger partial charge in [0.05, 0.1) is 0 Å². The number of rotatable bonds is 3. The van der Waals surface area contributed by atoms with Gasteiger partial charge in [0.15, 0.2) is 0 Å². The molecule has 3 fully saturated rings. The van der Waals surface area contributed by atoms with Crippen LogP contribution in [0.1, 0.15) is 72.1 Å². The second-order valence-corrected chi connectivity index (χ2v) is 11.6. The van der Waals surface area contributed by atoms with Crippen LogP contribution in [-0.4, -0.2) is 50.1 Å². The van der Waals surface area contributed by atoms with Crippen molar-refractivity contribution in [3.05, 3.63) is 11.6 Å². The highest BCUT2D eigenvalue weighted by atomic mass is 15.1. The second-order valence-electron chi connectivity index (χ2n) is 11.6. The number of hydrogen-bond donors (Lipinski definition) is 0. The summed E-state index contributed by atoms with van der Waals surface area (Å²) < 4.78 is 0. The maximum absolute atomic E-state index is 2.73. The van der Waals surface area contributed by atoms with E-state index in [1.807, 2.05) is 5.57 Å². The Bertz CT molecular complexity index is 593. The molecule has 0 radical (unpaired) electrons. The van der Waals surface area contributed by atoms with Crippen LogP contribution in [0.25, 0.3) is 0 Å². The van der Waals surface area contributed by atoms with E-state index in [0.29, 0.717) is 10.8 Å².